The van der Waals surface area contributed by atoms with Crippen LogP contribution in [0.1, 0.15) is 49.2 Å². The van der Waals surface area contributed by atoms with Gasteiger partial charge in [0.05, 0.1) is 11.8 Å². The Hall–Kier alpha value is -1.32. The van der Waals surface area contributed by atoms with Gasteiger partial charge in [-0.2, -0.15) is 5.10 Å². The largest absolute Gasteiger partial charge is 0.388 e. The van der Waals surface area contributed by atoms with Gasteiger partial charge in [-0.25, -0.2) is 0 Å². The van der Waals surface area contributed by atoms with Crippen LogP contribution >= 0.6 is 11.6 Å². The van der Waals surface area contributed by atoms with Crippen LogP contribution in [0, 0.1) is 6.92 Å². The van der Waals surface area contributed by atoms with E-state index < -0.39 is 6.10 Å². The Morgan fingerprint density at radius 2 is 2.10 bits per heavy atom. The summed E-state index contributed by atoms with van der Waals surface area (Å²) in [6.45, 7) is 6.23. The zero-order chi connectivity index (χ0) is 14.7. The lowest BCUT2D eigenvalue weighted by molar-refractivity contribution is 0.176. The molecule has 2 aromatic rings. The zero-order valence-corrected chi connectivity index (χ0v) is 12.9. The zero-order valence-electron chi connectivity index (χ0n) is 12.2. The normalized spacial score (nSPS) is 14.2. The Balaban J connectivity index is 2.11. The van der Waals surface area contributed by atoms with Gasteiger partial charge in [0, 0.05) is 23.7 Å². The number of halogens is 1. The van der Waals surface area contributed by atoms with Gasteiger partial charge in [0.15, 0.2) is 0 Å². The van der Waals surface area contributed by atoms with Crippen molar-refractivity contribution in [3.05, 3.63) is 52.3 Å². The maximum atomic E-state index is 10.4. The Labute approximate surface area is 125 Å². The fourth-order valence-electron chi connectivity index (χ4n) is 2.24. The average Bonchev–Trinajstić information content (AvgIpc) is 2.86. The maximum Gasteiger partial charge on any atom is 0.0848 e. The number of hydrogen-bond donors (Lipinski definition) is 1. The third kappa shape index (κ3) is 3.41. The number of benzene rings is 1. The first-order valence-electron chi connectivity index (χ1n) is 6.99. The molecular formula is C16H21ClN2O. The lowest BCUT2D eigenvalue weighted by Gasteiger charge is -2.13. The molecule has 2 rings (SSSR count). The molecule has 0 bridgehead atoms. The number of aliphatic hydroxyl groups excluding tert-OH is 1. The van der Waals surface area contributed by atoms with Crippen molar-refractivity contribution in [2.45, 2.75) is 45.8 Å². The molecule has 2 atom stereocenters. The summed E-state index contributed by atoms with van der Waals surface area (Å²) in [5.74, 6) is 0. The van der Waals surface area contributed by atoms with E-state index in [0.717, 1.165) is 23.2 Å². The van der Waals surface area contributed by atoms with Gasteiger partial charge in [-0.1, -0.05) is 24.6 Å². The van der Waals surface area contributed by atoms with Gasteiger partial charge < -0.3 is 5.11 Å². The highest BCUT2D eigenvalue weighted by atomic mass is 35.5. The second-order valence-corrected chi connectivity index (χ2v) is 5.70. The molecular weight excluding hydrogens is 272 g/mol. The van der Waals surface area contributed by atoms with Crippen LogP contribution in [0.25, 0.3) is 0 Å². The fraction of sp³-hybridized carbons (Fsp3) is 0.438. The molecule has 1 heterocycles. The second-order valence-electron chi connectivity index (χ2n) is 5.27. The molecule has 2 unspecified atom stereocenters. The number of hydrogen-bond acceptors (Lipinski definition) is 2. The van der Waals surface area contributed by atoms with Gasteiger partial charge in [0.25, 0.3) is 0 Å². The lowest BCUT2D eigenvalue weighted by Crippen LogP contribution is -2.07. The Kier molecular flexibility index (Phi) is 4.84. The van der Waals surface area contributed by atoms with Gasteiger partial charge in [0.1, 0.15) is 0 Å². The van der Waals surface area contributed by atoms with Crippen LogP contribution < -0.4 is 0 Å². The molecule has 1 aromatic carbocycles. The minimum absolute atomic E-state index is 0.387. The van der Waals surface area contributed by atoms with Crippen molar-refractivity contribution in [2.24, 2.45) is 0 Å². The third-order valence-corrected chi connectivity index (χ3v) is 3.93. The monoisotopic (exact) mass is 292 g/mol. The molecule has 108 valence electrons. The topological polar surface area (TPSA) is 38.0 Å². The summed E-state index contributed by atoms with van der Waals surface area (Å²) in [5.41, 5.74) is 2.82. The molecule has 0 saturated carbocycles. The minimum Gasteiger partial charge on any atom is -0.388 e. The highest BCUT2D eigenvalue weighted by molar-refractivity contribution is 6.30. The molecule has 0 spiro atoms. The second kappa shape index (κ2) is 6.42. The van der Waals surface area contributed by atoms with Crippen LogP contribution in [-0.2, 0) is 6.42 Å². The smallest absolute Gasteiger partial charge is 0.0848 e. The number of aliphatic hydroxyl groups is 1. The summed E-state index contributed by atoms with van der Waals surface area (Å²) < 4.78 is 1.96. The summed E-state index contributed by atoms with van der Waals surface area (Å²) >= 11 is 5.94. The van der Waals surface area contributed by atoms with E-state index in [4.69, 9.17) is 11.6 Å². The Morgan fingerprint density at radius 1 is 1.35 bits per heavy atom. The Morgan fingerprint density at radius 3 is 2.75 bits per heavy atom. The van der Waals surface area contributed by atoms with E-state index in [9.17, 15) is 5.11 Å². The molecule has 0 saturated heterocycles. The Bertz CT molecular complexity index is 580. The van der Waals surface area contributed by atoms with E-state index in [2.05, 4.69) is 18.9 Å². The van der Waals surface area contributed by atoms with Crippen molar-refractivity contribution in [2.75, 3.05) is 0 Å². The molecule has 3 nitrogen and oxygen atoms in total. The van der Waals surface area contributed by atoms with Gasteiger partial charge in [0.2, 0.25) is 0 Å². The lowest BCUT2D eigenvalue weighted by atomic mass is 10.0. The molecule has 0 aliphatic carbocycles. The summed E-state index contributed by atoms with van der Waals surface area (Å²) in [7, 11) is 0. The van der Waals surface area contributed by atoms with Gasteiger partial charge in [-0.05, 0) is 49.6 Å². The van der Waals surface area contributed by atoms with Crippen molar-refractivity contribution in [3.63, 3.8) is 0 Å². The van der Waals surface area contributed by atoms with Crippen molar-refractivity contribution < 1.29 is 5.11 Å². The van der Waals surface area contributed by atoms with Gasteiger partial charge >= 0.3 is 0 Å². The number of aromatic nitrogens is 2. The molecule has 0 aliphatic heterocycles. The van der Waals surface area contributed by atoms with E-state index >= 15 is 0 Å². The summed E-state index contributed by atoms with van der Waals surface area (Å²) in [5, 5.41) is 15.6. The molecule has 0 fully saturated rings. The molecule has 20 heavy (non-hydrogen) atoms. The first-order chi connectivity index (χ1) is 9.51. The first kappa shape index (κ1) is 15.1. The van der Waals surface area contributed by atoms with Gasteiger partial charge in [-0.15, -0.1) is 0 Å². The molecule has 0 aliphatic rings. The fourth-order valence-corrected chi connectivity index (χ4v) is 2.47. The van der Waals surface area contributed by atoms with E-state index in [1.807, 2.05) is 42.1 Å². The SMILES string of the molecule is CCC(C)n1ccc(CC(O)c2ccc(Cl)cc2C)n1. The highest BCUT2D eigenvalue weighted by Crippen LogP contribution is 2.24. The van der Waals surface area contributed by atoms with Crippen molar-refractivity contribution in [1.29, 1.82) is 0 Å². The standard InChI is InChI=1S/C16H21ClN2O/c1-4-12(3)19-8-7-14(18-19)10-16(20)15-6-5-13(17)9-11(15)2/h5-9,12,16,20H,4,10H2,1-3H3. The van der Waals surface area contributed by atoms with Crippen LogP contribution in [0.3, 0.4) is 0 Å². The number of aryl methyl sites for hydroxylation is 1. The van der Waals surface area contributed by atoms with Crippen LogP contribution in [0.2, 0.25) is 5.02 Å². The molecule has 1 aromatic heterocycles. The quantitative estimate of drug-likeness (QED) is 0.901. The van der Waals surface area contributed by atoms with Crippen molar-refractivity contribution >= 4 is 11.6 Å². The molecule has 0 radical (unpaired) electrons. The maximum absolute atomic E-state index is 10.4. The summed E-state index contributed by atoms with van der Waals surface area (Å²) in [6, 6.07) is 7.93. The third-order valence-electron chi connectivity index (χ3n) is 3.70. The molecule has 1 N–H and O–H groups in total. The molecule has 0 amide bonds. The van der Waals surface area contributed by atoms with Crippen LogP contribution in [-0.4, -0.2) is 14.9 Å². The number of rotatable bonds is 5. The average molecular weight is 293 g/mol. The first-order valence-corrected chi connectivity index (χ1v) is 7.37. The van der Waals surface area contributed by atoms with E-state index in [-0.39, 0.29) is 0 Å². The predicted octanol–water partition coefficient (Wildman–Crippen LogP) is 4.09. The van der Waals surface area contributed by atoms with Crippen molar-refractivity contribution in [3.8, 4) is 0 Å². The number of nitrogens with zero attached hydrogens (tertiary/aromatic N) is 2. The summed E-state index contributed by atoms with van der Waals surface area (Å²) in [4.78, 5) is 0. The van der Waals surface area contributed by atoms with E-state index in [1.165, 1.54) is 0 Å². The van der Waals surface area contributed by atoms with Crippen LogP contribution in [0.15, 0.2) is 30.5 Å². The van der Waals surface area contributed by atoms with Crippen molar-refractivity contribution in [1.82, 2.24) is 9.78 Å². The summed E-state index contributed by atoms with van der Waals surface area (Å²) in [6.07, 6.45) is 2.99. The molecule has 4 heteroatoms. The highest BCUT2D eigenvalue weighted by Gasteiger charge is 2.14. The minimum atomic E-state index is -0.549. The predicted molar refractivity (Wildman–Crippen MR) is 82.1 cm³/mol. The van der Waals surface area contributed by atoms with Crippen LogP contribution in [0.5, 0.6) is 0 Å². The van der Waals surface area contributed by atoms with Gasteiger partial charge in [-0.3, -0.25) is 4.68 Å². The van der Waals surface area contributed by atoms with E-state index in [0.29, 0.717) is 17.5 Å². The van der Waals surface area contributed by atoms with E-state index in [1.54, 1.807) is 0 Å². The van der Waals surface area contributed by atoms with Crippen LogP contribution in [0.4, 0.5) is 0 Å².